The van der Waals surface area contributed by atoms with Gasteiger partial charge in [0.05, 0.1) is 10.6 Å². The molecule has 0 heterocycles. The molecular formula is C30H36ClN3O4S. The molecule has 3 rings (SSSR count). The molecular weight excluding hydrogens is 534 g/mol. The van der Waals surface area contributed by atoms with Gasteiger partial charge in [0.15, 0.2) is 0 Å². The van der Waals surface area contributed by atoms with Gasteiger partial charge in [-0.15, -0.1) is 0 Å². The Balaban J connectivity index is 1.99. The number of nitrogens with zero attached hydrogens (tertiary/aromatic N) is 2. The second-order valence-corrected chi connectivity index (χ2v) is 12.8. The number of halogens is 1. The predicted octanol–water partition coefficient (Wildman–Crippen LogP) is 5.22. The molecule has 0 fully saturated rings. The predicted molar refractivity (Wildman–Crippen MR) is 156 cm³/mol. The Hall–Kier alpha value is -3.36. The van der Waals surface area contributed by atoms with Gasteiger partial charge in [0.25, 0.3) is 10.0 Å². The summed E-state index contributed by atoms with van der Waals surface area (Å²) in [5.41, 5.74) is 1.71. The Bertz CT molecular complexity index is 1390. The van der Waals surface area contributed by atoms with E-state index in [2.05, 4.69) is 5.32 Å². The highest BCUT2D eigenvalue weighted by atomic mass is 35.5. The van der Waals surface area contributed by atoms with Crippen LogP contribution >= 0.6 is 11.6 Å². The number of rotatable bonds is 10. The van der Waals surface area contributed by atoms with Crippen molar-refractivity contribution in [1.29, 1.82) is 0 Å². The van der Waals surface area contributed by atoms with Crippen molar-refractivity contribution in [2.24, 2.45) is 0 Å². The first-order valence-corrected chi connectivity index (χ1v) is 14.6. The van der Waals surface area contributed by atoms with E-state index in [1.54, 1.807) is 25.1 Å². The van der Waals surface area contributed by atoms with Gasteiger partial charge in [-0.25, -0.2) is 8.42 Å². The van der Waals surface area contributed by atoms with Gasteiger partial charge in [0, 0.05) is 17.1 Å². The molecule has 1 atom stereocenters. The molecule has 7 nitrogen and oxygen atoms in total. The molecule has 0 saturated heterocycles. The third-order valence-corrected chi connectivity index (χ3v) is 8.16. The Labute approximate surface area is 236 Å². The highest BCUT2D eigenvalue weighted by molar-refractivity contribution is 7.92. The molecule has 0 spiro atoms. The number of benzene rings is 3. The van der Waals surface area contributed by atoms with Crippen molar-refractivity contribution in [2.75, 3.05) is 17.4 Å². The number of carbonyl (C=O) groups is 2. The summed E-state index contributed by atoms with van der Waals surface area (Å²) in [6, 6.07) is 21.6. The maximum Gasteiger partial charge on any atom is 0.264 e. The molecule has 1 N–H and O–H groups in total. The molecule has 0 saturated carbocycles. The quantitative estimate of drug-likeness (QED) is 0.363. The largest absolute Gasteiger partial charge is 0.350 e. The van der Waals surface area contributed by atoms with E-state index in [-0.39, 0.29) is 17.3 Å². The number of sulfonamides is 1. The van der Waals surface area contributed by atoms with E-state index >= 15 is 0 Å². The summed E-state index contributed by atoms with van der Waals surface area (Å²) >= 11 is 5.99. The fourth-order valence-electron chi connectivity index (χ4n) is 4.09. The molecule has 9 heteroatoms. The van der Waals surface area contributed by atoms with E-state index in [1.807, 2.05) is 64.1 Å². The number of carbonyl (C=O) groups excluding carboxylic acids is 2. The molecule has 208 valence electrons. The first-order valence-electron chi connectivity index (χ1n) is 12.8. The van der Waals surface area contributed by atoms with Crippen molar-refractivity contribution in [3.05, 3.63) is 95.0 Å². The summed E-state index contributed by atoms with van der Waals surface area (Å²) in [7, 11) is -4.13. The summed E-state index contributed by atoms with van der Waals surface area (Å²) in [6.07, 6.45) is 0.508. The van der Waals surface area contributed by atoms with E-state index in [1.165, 1.54) is 29.2 Å². The van der Waals surface area contributed by atoms with Crippen LogP contribution in [0.5, 0.6) is 0 Å². The molecule has 0 bridgehead atoms. The van der Waals surface area contributed by atoms with E-state index in [0.29, 0.717) is 17.1 Å². The highest BCUT2D eigenvalue weighted by Crippen LogP contribution is 2.26. The molecule has 0 radical (unpaired) electrons. The van der Waals surface area contributed by atoms with Crippen molar-refractivity contribution in [1.82, 2.24) is 10.2 Å². The second-order valence-electron chi connectivity index (χ2n) is 10.5. The van der Waals surface area contributed by atoms with Gasteiger partial charge in [-0.05, 0) is 88.6 Å². The average Bonchev–Trinajstić information content (AvgIpc) is 2.87. The third kappa shape index (κ3) is 8.31. The number of hydrogen-bond donors (Lipinski definition) is 1. The molecule has 3 aromatic carbocycles. The van der Waals surface area contributed by atoms with Gasteiger partial charge < -0.3 is 10.2 Å². The van der Waals surface area contributed by atoms with Gasteiger partial charge in [0.2, 0.25) is 11.8 Å². The number of hydrogen-bond acceptors (Lipinski definition) is 4. The van der Waals surface area contributed by atoms with Crippen molar-refractivity contribution in [3.63, 3.8) is 0 Å². The second kappa shape index (κ2) is 12.7. The number of aryl methyl sites for hydroxylation is 1. The van der Waals surface area contributed by atoms with Crippen LogP contribution in [0.2, 0.25) is 5.02 Å². The minimum atomic E-state index is -4.13. The molecule has 0 aliphatic heterocycles. The van der Waals surface area contributed by atoms with Crippen LogP contribution in [0, 0.1) is 6.92 Å². The summed E-state index contributed by atoms with van der Waals surface area (Å²) in [5, 5.41) is 3.33. The standard InChI is InChI=1S/C30H36ClN3O4S/c1-22-10-9-13-26(20-22)34(39(37,38)27-16-14-25(31)15-17-27)21-28(35)33(19-18-24-11-7-6-8-12-24)23(2)29(36)32-30(3,4)5/h6-17,20,23H,18-19,21H2,1-5H3,(H,32,36)/t23-/m1/s1. The lowest BCUT2D eigenvalue weighted by Crippen LogP contribution is -2.55. The van der Waals surface area contributed by atoms with Gasteiger partial charge in [-0.1, -0.05) is 54.1 Å². The van der Waals surface area contributed by atoms with Crippen LogP contribution in [-0.2, 0) is 26.0 Å². The summed E-state index contributed by atoms with van der Waals surface area (Å²) in [6.45, 7) is 8.88. The fraction of sp³-hybridized carbons (Fsp3) is 0.333. The molecule has 39 heavy (non-hydrogen) atoms. The van der Waals surface area contributed by atoms with E-state index in [4.69, 9.17) is 11.6 Å². The Morgan fingerprint density at radius 2 is 1.59 bits per heavy atom. The Morgan fingerprint density at radius 1 is 0.949 bits per heavy atom. The lowest BCUT2D eigenvalue weighted by atomic mass is 10.1. The van der Waals surface area contributed by atoms with Crippen molar-refractivity contribution < 1.29 is 18.0 Å². The van der Waals surface area contributed by atoms with Gasteiger partial charge >= 0.3 is 0 Å². The average molecular weight is 570 g/mol. The first kappa shape index (κ1) is 30.2. The molecule has 0 unspecified atom stereocenters. The SMILES string of the molecule is Cc1cccc(N(CC(=O)N(CCc2ccccc2)[C@H](C)C(=O)NC(C)(C)C)S(=O)(=O)c2ccc(Cl)cc2)c1. The lowest BCUT2D eigenvalue weighted by molar-refractivity contribution is -0.139. The number of nitrogens with one attached hydrogen (secondary N) is 1. The van der Waals surface area contributed by atoms with Gasteiger partial charge in [-0.3, -0.25) is 13.9 Å². The Morgan fingerprint density at radius 3 is 2.18 bits per heavy atom. The third-order valence-electron chi connectivity index (χ3n) is 6.12. The zero-order valence-corrected chi connectivity index (χ0v) is 24.6. The first-order chi connectivity index (χ1) is 18.3. The summed E-state index contributed by atoms with van der Waals surface area (Å²) < 4.78 is 28.7. The number of amides is 2. The highest BCUT2D eigenvalue weighted by Gasteiger charge is 2.33. The summed E-state index contributed by atoms with van der Waals surface area (Å²) in [5.74, 6) is -0.798. The molecule has 0 aromatic heterocycles. The van der Waals surface area contributed by atoms with Crippen LogP contribution in [0.1, 0.15) is 38.8 Å². The van der Waals surface area contributed by atoms with Crippen LogP contribution in [0.25, 0.3) is 0 Å². The smallest absolute Gasteiger partial charge is 0.264 e. The molecule has 2 amide bonds. The van der Waals surface area contributed by atoms with Crippen molar-refractivity contribution >= 4 is 39.1 Å². The van der Waals surface area contributed by atoms with Crippen LogP contribution in [-0.4, -0.2) is 49.8 Å². The molecule has 3 aromatic rings. The zero-order chi connectivity index (χ0) is 28.8. The maximum atomic E-state index is 13.9. The molecule has 0 aliphatic rings. The van der Waals surface area contributed by atoms with E-state index in [9.17, 15) is 18.0 Å². The van der Waals surface area contributed by atoms with E-state index in [0.717, 1.165) is 15.4 Å². The molecule has 0 aliphatic carbocycles. The minimum Gasteiger partial charge on any atom is -0.350 e. The maximum absolute atomic E-state index is 13.9. The van der Waals surface area contributed by atoms with Crippen LogP contribution in [0.15, 0.2) is 83.8 Å². The number of anilines is 1. The van der Waals surface area contributed by atoms with Crippen LogP contribution < -0.4 is 9.62 Å². The van der Waals surface area contributed by atoms with Crippen molar-refractivity contribution in [2.45, 2.75) is 57.5 Å². The van der Waals surface area contributed by atoms with E-state index < -0.39 is 34.1 Å². The Kier molecular flexibility index (Phi) is 9.80. The van der Waals surface area contributed by atoms with Crippen molar-refractivity contribution in [3.8, 4) is 0 Å². The van der Waals surface area contributed by atoms with Crippen LogP contribution in [0.4, 0.5) is 5.69 Å². The minimum absolute atomic E-state index is 0.00978. The topological polar surface area (TPSA) is 86.8 Å². The van der Waals surface area contributed by atoms with Crippen LogP contribution in [0.3, 0.4) is 0 Å². The lowest BCUT2D eigenvalue weighted by Gasteiger charge is -2.33. The monoisotopic (exact) mass is 569 g/mol. The van der Waals surface area contributed by atoms with Gasteiger partial charge in [-0.2, -0.15) is 0 Å². The fourth-order valence-corrected chi connectivity index (χ4v) is 5.62. The zero-order valence-electron chi connectivity index (χ0n) is 23.0. The summed E-state index contributed by atoms with van der Waals surface area (Å²) in [4.78, 5) is 28.5. The normalized spacial score (nSPS) is 12.5. The van der Waals surface area contributed by atoms with Gasteiger partial charge in [0.1, 0.15) is 12.6 Å².